The molecule has 5 nitrogen and oxygen atoms in total. The molecule has 0 aromatic carbocycles. The lowest BCUT2D eigenvalue weighted by atomic mass is 9.64. The van der Waals surface area contributed by atoms with Crippen LogP contribution in [-0.2, 0) is 14.3 Å². The maximum Gasteiger partial charge on any atom is 0.340 e. The number of ether oxygens (including phenoxy) is 2. The third-order valence-electron chi connectivity index (χ3n) is 7.31. The van der Waals surface area contributed by atoms with Gasteiger partial charge in [-0.2, -0.15) is 0 Å². The lowest BCUT2D eigenvalue weighted by Gasteiger charge is -2.54. The van der Waals surface area contributed by atoms with Gasteiger partial charge in [-0.15, -0.1) is 23.5 Å². The van der Waals surface area contributed by atoms with Crippen molar-refractivity contribution >= 4 is 29.5 Å². The molecule has 3 unspecified atom stereocenters. The number of thioether (sulfide) groups is 2. The Bertz CT molecular complexity index is 758. The van der Waals surface area contributed by atoms with Crippen LogP contribution in [0.25, 0.3) is 0 Å². The highest BCUT2D eigenvalue weighted by Gasteiger charge is 2.69. The summed E-state index contributed by atoms with van der Waals surface area (Å²) in [5.74, 6) is 2.30. The van der Waals surface area contributed by atoms with Gasteiger partial charge >= 0.3 is 5.97 Å². The van der Waals surface area contributed by atoms with Gasteiger partial charge in [-0.25, -0.2) is 4.79 Å². The minimum Gasteiger partial charge on any atom is -0.487 e. The lowest BCUT2D eigenvalue weighted by molar-refractivity contribution is -0.220. The summed E-state index contributed by atoms with van der Waals surface area (Å²) >= 11 is 3.63. The summed E-state index contributed by atoms with van der Waals surface area (Å²) in [6.07, 6.45) is 3.43. The van der Waals surface area contributed by atoms with Gasteiger partial charge in [-0.3, -0.25) is 0 Å². The standard InChI is InChI=1S/C21H28O5S2/c1-10-8-12(3)21(27-6-7-28-21)15-18-20(26-19(15)24)9-11(2)17(25-18)16(23)13(20)4-5-14(10)22/h4-5,10-14,16-17,22-23H,6-9H2,1-3H3/b5-4+/t10-,11+,12+,13?,14?,16-,17?,20+/m0/s1. The van der Waals surface area contributed by atoms with Crippen LogP contribution in [0.3, 0.4) is 0 Å². The van der Waals surface area contributed by atoms with Gasteiger partial charge in [0.15, 0.2) is 11.4 Å². The van der Waals surface area contributed by atoms with Gasteiger partial charge in [0, 0.05) is 17.9 Å². The Balaban J connectivity index is 1.75. The molecule has 1 saturated carbocycles. The second-order valence-electron chi connectivity index (χ2n) is 9.12. The molecule has 0 aromatic rings. The van der Waals surface area contributed by atoms with Gasteiger partial charge < -0.3 is 19.7 Å². The zero-order valence-corrected chi connectivity index (χ0v) is 18.1. The molecule has 8 atom stereocenters. The minimum atomic E-state index is -0.944. The third kappa shape index (κ3) is 2.39. The number of esters is 1. The van der Waals surface area contributed by atoms with Crippen LogP contribution in [0.15, 0.2) is 23.5 Å². The molecule has 2 N–H and O–H groups in total. The molecule has 28 heavy (non-hydrogen) atoms. The van der Waals surface area contributed by atoms with Crippen LogP contribution in [0.1, 0.15) is 33.6 Å². The van der Waals surface area contributed by atoms with Gasteiger partial charge in [0.1, 0.15) is 17.8 Å². The molecule has 3 saturated heterocycles. The topological polar surface area (TPSA) is 76.0 Å². The van der Waals surface area contributed by atoms with Crippen LogP contribution < -0.4 is 0 Å². The Morgan fingerprint density at radius 2 is 1.82 bits per heavy atom. The van der Waals surface area contributed by atoms with E-state index in [0.717, 1.165) is 17.9 Å². The molecule has 4 fully saturated rings. The molecular formula is C21H28O5S2. The molecule has 5 bridgehead atoms. The van der Waals surface area contributed by atoms with Crippen molar-refractivity contribution in [3.63, 3.8) is 0 Å². The van der Waals surface area contributed by atoms with E-state index in [2.05, 4.69) is 13.8 Å². The molecular weight excluding hydrogens is 396 g/mol. The lowest BCUT2D eigenvalue weighted by Crippen LogP contribution is -2.63. The van der Waals surface area contributed by atoms with Crippen LogP contribution >= 0.6 is 23.5 Å². The number of aliphatic hydroxyl groups excluding tert-OH is 2. The smallest absolute Gasteiger partial charge is 0.340 e. The van der Waals surface area contributed by atoms with Crippen LogP contribution in [0.2, 0.25) is 0 Å². The largest absolute Gasteiger partial charge is 0.487 e. The Morgan fingerprint density at radius 3 is 2.54 bits per heavy atom. The fourth-order valence-electron chi connectivity index (χ4n) is 5.90. The zero-order chi connectivity index (χ0) is 19.8. The van der Waals surface area contributed by atoms with Crippen molar-refractivity contribution in [3.05, 3.63) is 23.5 Å². The van der Waals surface area contributed by atoms with E-state index in [1.165, 1.54) is 0 Å². The predicted molar refractivity (Wildman–Crippen MR) is 110 cm³/mol. The molecule has 0 radical (unpaired) electrons. The first kappa shape index (κ1) is 19.3. The van der Waals surface area contributed by atoms with Gasteiger partial charge in [-0.1, -0.05) is 32.9 Å². The van der Waals surface area contributed by atoms with Crippen LogP contribution in [0.4, 0.5) is 0 Å². The second kappa shape index (κ2) is 6.43. The van der Waals surface area contributed by atoms with Crippen LogP contribution in [-0.4, -0.2) is 55.7 Å². The van der Waals surface area contributed by atoms with E-state index in [0.29, 0.717) is 17.8 Å². The summed E-state index contributed by atoms with van der Waals surface area (Å²) in [4.78, 5) is 13.3. The second-order valence-corrected chi connectivity index (χ2v) is 12.1. The molecule has 7 heteroatoms. The summed E-state index contributed by atoms with van der Waals surface area (Å²) in [5.41, 5.74) is -0.265. The van der Waals surface area contributed by atoms with Crippen molar-refractivity contribution in [2.75, 3.05) is 11.5 Å². The maximum atomic E-state index is 13.3. The van der Waals surface area contributed by atoms with Crippen molar-refractivity contribution in [3.8, 4) is 0 Å². The Hall–Kier alpha value is -0.630. The van der Waals surface area contributed by atoms with Crippen molar-refractivity contribution in [1.82, 2.24) is 0 Å². The van der Waals surface area contributed by atoms with E-state index in [1.807, 2.05) is 36.5 Å². The number of hydrogen-bond donors (Lipinski definition) is 2. The van der Waals surface area contributed by atoms with E-state index < -0.39 is 21.9 Å². The van der Waals surface area contributed by atoms with Crippen molar-refractivity contribution in [1.29, 1.82) is 0 Å². The monoisotopic (exact) mass is 424 g/mol. The first-order valence-corrected chi connectivity index (χ1v) is 12.2. The number of aliphatic hydroxyl groups is 2. The Labute approximate surface area is 174 Å². The van der Waals surface area contributed by atoms with E-state index in [9.17, 15) is 15.0 Å². The first-order valence-electron chi connectivity index (χ1n) is 10.3. The number of rotatable bonds is 0. The van der Waals surface area contributed by atoms with Crippen LogP contribution in [0, 0.1) is 23.7 Å². The van der Waals surface area contributed by atoms with Gasteiger partial charge in [-0.05, 0) is 24.2 Å². The summed E-state index contributed by atoms with van der Waals surface area (Å²) in [6.45, 7) is 6.28. The highest BCUT2D eigenvalue weighted by molar-refractivity contribution is 8.21. The molecule has 0 amide bonds. The fraction of sp³-hybridized carbons (Fsp3) is 0.762. The average Bonchev–Trinajstić information content (AvgIpc) is 3.22. The summed E-state index contributed by atoms with van der Waals surface area (Å²) in [6, 6.07) is 0. The SMILES string of the molecule is C[C@@H]1C[C@]23OC(=O)C4=C2OC1[C@@H](O)C3/C=C/C(O)[C@@H](C)C[C@@H](C)C41SCCS1. The van der Waals surface area contributed by atoms with Gasteiger partial charge in [0.05, 0.1) is 16.1 Å². The number of fused-ring (bicyclic) bond motifs is 2. The zero-order valence-electron chi connectivity index (χ0n) is 16.5. The number of hydrogen-bond acceptors (Lipinski definition) is 7. The molecule has 6 rings (SSSR count). The predicted octanol–water partition coefficient (Wildman–Crippen LogP) is 2.72. The molecule has 4 heterocycles. The maximum absolute atomic E-state index is 13.3. The highest BCUT2D eigenvalue weighted by atomic mass is 32.2. The molecule has 0 aromatic heterocycles. The van der Waals surface area contributed by atoms with Crippen molar-refractivity contribution < 1.29 is 24.5 Å². The normalized spacial score (nSPS) is 50.3. The van der Waals surface area contributed by atoms with Crippen LogP contribution in [0.5, 0.6) is 0 Å². The summed E-state index contributed by atoms with van der Waals surface area (Å²) in [5, 5.41) is 21.7. The molecule has 154 valence electrons. The fourth-order valence-corrected chi connectivity index (χ4v) is 9.41. The number of carbonyl (C=O) groups excluding carboxylic acids is 1. The number of carbonyl (C=O) groups is 1. The van der Waals surface area contributed by atoms with Gasteiger partial charge in [0.2, 0.25) is 0 Å². The summed E-state index contributed by atoms with van der Waals surface area (Å²) < 4.78 is 12.1. The summed E-state index contributed by atoms with van der Waals surface area (Å²) in [7, 11) is 0. The Kier molecular flexibility index (Phi) is 4.44. The molecule has 2 aliphatic carbocycles. The Morgan fingerprint density at radius 1 is 1.11 bits per heavy atom. The van der Waals surface area contributed by atoms with E-state index in [-0.39, 0.29) is 35.7 Å². The molecule has 6 aliphatic rings. The van der Waals surface area contributed by atoms with Gasteiger partial charge in [0.25, 0.3) is 0 Å². The quantitative estimate of drug-likeness (QED) is 0.457. The first-order chi connectivity index (χ1) is 13.3. The third-order valence-corrected chi connectivity index (χ3v) is 11.2. The minimum absolute atomic E-state index is 0.0645. The average molecular weight is 425 g/mol. The molecule has 4 aliphatic heterocycles. The highest BCUT2D eigenvalue weighted by Crippen LogP contribution is 2.64. The van der Waals surface area contributed by atoms with E-state index in [1.54, 1.807) is 6.08 Å². The van der Waals surface area contributed by atoms with Crippen molar-refractivity contribution in [2.24, 2.45) is 23.7 Å². The van der Waals surface area contributed by atoms with E-state index >= 15 is 0 Å². The van der Waals surface area contributed by atoms with Crippen molar-refractivity contribution in [2.45, 2.75) is 61.6 Å². The van der Waals surface area contributed by atoms with E-state index in [4.69, 9.17) is 9.47 Å². The molecule has 2 spiro atoms.